The lowest BCUT2D eigenvalue weighted by molar-refractivity contribution is 0.0934. The van der Waals surface area contributed by atoms with Gasteiger partial charge in [-0.1, -0.05) is 0 Å². The average Bonchev–Trinajstić information content (AvgIpc) is 2.61. The van der Waals surface area contributed by atoms with E-state index in [-0.39, 0.29) is 11.9 Å². The van der Waals surface area contributed by atoms with Crippen molar-refractivity contribution in [3.8, 4) is 0 Å². The fraction of sp³-hybridized carbons (Fsp3) is 0.600. The van der Waals surface area contributed by atoms with Gasteiger partial charge in [0.25, 0.3) is 5.91 Å². The predicted molar refractivity (Wildman–Crippen MR) is 63.7 cm³/mol. The predicted octanol–water partition coefficient (Wildman–Crippen LogP) is 2.59. The first kappa shape index (κ1) is 12.5. The van der Waals surface area contributed by atoms with Crippen LogP contribution < -0.4 is 5.32 Å². The van der Waals surface area contributed by atoms with Gasteiger partial charge < -0.3 is 5.32 Å². The van der Waals surface area contributed by atoms with Crippen molar-refractivity contribution >= 4 is 28.8 Å². The molecule has 0 aliphatic heterocycles. The normalized spacial score (nSPS) is 12.5. The van der Waals surface area contributed by atoms with Crippen LogP contribution in [0.4, 0.5) is 0 Å². The monoisotopic (exact) mass is 246 g/mol. The molecule has 0 spiro atoms. The molecule has 1 aromatic heterocycles. The second kappa shape index (κ2) is 6.08. The summed E-state index contributed by atoms with van der Waals surface area (Å²) in [4.78, 5) is 15.8. The van der Waals surface area contributed by atoms with Gasteiger partial charge >= 0.3 is 0 Å². The topological polar surface area (TPSA) is 42.0 Å². The van der Waals surface area contributed by atoms with Crippen molar-refractivity contribution in [3.63, 3.8) is 0 Å². The van der Waals surface area contributed by atoms with Gasteiger partial charge in [0.2, 0.25) is 0 Å². The summed E-state index contributed by atoms with van der Waals surface area (Å²) in [6.45, 7) is 3.86. The van der Waals surface area contributed by atoms with Crippen LogP contribution in [0.1, 0.15) is 35.3 Å². The highest BCUT2D eigenvalue weighted by Crippen LogP contribution is 2.08. The number of nitrogens with one attached hydrogen (secondary N) is 1. The second-order valence-electron chi connectivity index (χ2n) is 3.46. The maximum atomic E-state index is 11.6. The lowest BCUT2D eigenvalue weighted by atomic mass is 10.2. The minimum Gasteiger partial charge on any atom is -0.348 e. The van der Waals surface area contributed by atoms with Crippen LogP contribution in [0.3, 0.4) is 0 Å². The van der Waals surface area contributed by atoms with Crippen molar-refractivity contribution in [1.29, 1.82) is 0 Å². The maximum Gasteiger partial charge on any atom is 0.270 e. The van der Waals surface area contributed by atoms with E-state index in [1.165, 1.54) is 11.3 Å². The third-order valence-electron chi connectivity index (χ3n) is 2.00. The van der Waals surface area contributed by atoms with E-state index in [2.05, 4.69) is 10.3 Å². The Bertz CT molecular complexity index is 327. The van der Waals surface area contributed by atoms with E-state index < -0.39 is 0 Å². The van der Waals surface area contributed by atoms with Crippen molar-refractivity contribution in [2.24, 2.45) is 0 Å². The van der Waals surface area contributed by atoms with Crippen LogP contribution in [0.25, 0.3) is 0 Å². The molecule has 1 atom stereocenters. The summed E-state index contributed by atoms with van der Waals surface area (Å²) in [5.74, 6) is 0.539. The summed E-state index contributed by atoms with van der Waals surface area (Å²) in [6.07, 6.45) is 1.82. The average molecular weight is 247 g/mol. The molecule has 1 aromatic rings. The molecule has 15 heavy (non-hydrogen) atoms. The van der Waals surface area contributed by atoms with Gasteiger partial charge in [-0.3, -0.25) is 4.79 Å². The highest BCUT2D eigenvalue weighted by Gasteiger charge is 2.11. The van der Waals surface area contributed by atoms with E-state index in [0.717, 1.165) is 17.8 Å². The minimum atomic E-state index is -0.0959. The number of hydrogen-bond acceptors (Lipinski definition) is 3. The smallest absolute Gasteiger partial charge is 0.270 e. The molecule has 1 amide bonds. The fourth-order valence-electron chi connectivity index (χ4n) is 1.22. The summed E-state index contributed by atoms with van der Waals surface area (Å²) in [6, 6.07) is 0.151. The fourth-order valence-corrected chi connectivity index (χ4v) is 1.97. The lowest BCUT2D eigenvalue weighted by Crippen LogP contribution is -2.32. The number of hydrogen-bond donors (Lipinski definition) is 1. The number of carbonyl (C=O) groups is 1. The number of aromatic nitrogens is 1. The maximum absolute atomic E-state index is 11.6. The molecule has 5 heteroatoms. The van der Waals surface area contributed by atoms with Crippen LogP contribution in [0.2, 0.25) is 0 Å². The Morgan fingerprint density at radius 1 is 1.73 bits per heavy atom. The third-order valence-corrected chi connectivity index (χ3v) is 3.04. The molecule has 0 saturated carbocycles. The molecule has 0 fully saturated rings. The number of carbonyl (C=O) groups excluding carboxylic acids is 1. The molecule has 0 aromatic carbocycles. The summed E-state index contributed by atoms with van der Waals surface area (Å²) in [5.41, 5.74) is 0.509. The molecule has 0 aliphatic carbocycles. The van der Waals surface area contributed by atoms with E-state index in [1.807, 2.05) is 13.8 Å². The molecule has 84 valence electrons. The van der Waals surface area contributed by atoms with E-state index in [9.17, 15) is 4.79 Å². The Morgan fingerprint density at radius 2 is 2.47 bits per heavy atom. The van der Waals surface area contributed by atoms with Gasteiger partial charge in [-0.25, -0.2) is 4.98 Å². The molecule has 1 unspecified atom stereocenters. The minimum absolute atomic E-state index is 0.0959. The lowest BCUT2D eigenvalue weighted by Gasteiger charge is -2.11. The summed E-state index contributed by atoms with van der Waals surface area (Å²) < 4.78 is 0. The number of rotatable bonds is 5. The summed E-state index contributed by atoms with van der Waals surface area (Å²) in [5, 5.41) is 5.58. The molecule has 0 bridgehead atoms. The molecule has 0 saturated heterocycles. The zero-order valence-electron chi connectivity index (χ0n) is 8.92. The number of amides is 1. The summed E-state index contributed by atoms with van der Waals surface area (Å²) >= 11 is 7.06. The Hall–Kier alpha value is -0.610. The van der Waals surface area contributed by atoms with E-state index >= 15 is 0 Å². The molecular formula is C10H15ClN2OS. The zero-order chi connectivity index (χ0) is 11.3. The van der Waals surface area contributed by atoms with Gasteiger partial charge in [0.15, 0.2) is 0 Å². The Balaban J connectivity index is 2.42. The van der Waals surface area contributed by atoms with Gasteiger partial charge in [0, 0.05) is 17.3 Å². The van der Waals surface area contributed by atoms with Crippen LogP contribution >= 0.6 is 22.9 Å². The van der Waals surface area contributed by atoms with E-state index in [4.69, 9.17) is 11.6 Å². The number of alkyl halides is 1. The third kappa shape index (κ3) is 4.18. The quantitative estimate of drug-likeness (QED) is 0.812. The summed E-state index contributed by atoms with van der Waals surface area (Å²) in [7, 11) is 0. The molecule has 0 aliphatic rings. The van der Waals surface area contributed by atoms with Crippen LogP contribution in [0.15, 0.2) is 5.38 Å². The molecular weight excluding hydrogens is 232 g/mol. The molecule has 1 N–H and O–H groups in total. The van der Waals surface area contributed by atoms with Crippen LogP contribution in [0.5, 0.6) is 0 Å². The standard InChI is InChI=1S/C10H15ClN2OS/c1-7(4-3-5-11)12-10(14)9-6-15-8(2)13-9/h6-7H,3-5H2,1-2H3,(H,12,14). The molecule has 0 radical (unpaired) electrons. The van der Waals surface area contributed by atoms with Crippen LogP contribution in [0, 0.1) is 6.92 Å². The SMILES string of the molecule is Cc1nc(C(=O)NC(C)CCCCl)cs1. The van der Waals surface area contributed by atoms with Crippen molar-refractivity contribution < 1.29 is 4.79 Å². The second-order valence-corrected chi connectivity index (χ2v) is 4.90. The molecule has 1 rings (SSSR count). The zero-order valence-corrected chi connectivity index (χ0v) is 10.5. The Kier molecular flexibility index (Phi) is 5.05. The van der Waals surface area contributed by atoms with Gasteiger partial charge in [-0.15, -0.1) is 22.9 Å². The van der Waals surface area contributed by atoms with Gasteiger partial charge in [0.1, 0.15) is 5.69 Å². The van der Waals surface area contributed by atoms with Crippen molar-refractivity contribution in [2.75, 3.05) is 5.88 Å². The van der Waals surface area contributed by atoms with E-state index in [0.29, 0.717) is 11.6 Å². The molecule has 3 nitrogen and oxygen atoms in total. The first-order valence-electron chi connectivity index (χ1n) is 4.92. The highest BCUT2D eigenvalue weighted by atomic mass is 35.5. The van der Waals surface area contributed by atoms with Gasteiger partial charge in [-0.05, 0) is 26.7 Å². The highest BCUT2D eigenvalue weighted by molar-refractivity contribution is 7.09. The first-order valence-corrected chi connectivity index (χ1v) is 6.34. The van der Waals surface area contributed by atoms with Gasteiger partial charge in [0.05, 0.1) is 5.01 Å². The largest absolute Gasteiger partial charge is 0.348 e. The van der Waals surface area contributed by atoms with Crippen molar-refractivity contribution in [3.05, 3.63) is 16.1 Å². The van der Waals surface area contributed by atoms with Crippen molar-refractivity contribution in [1.82, 2.24) is 10.3 Å². The van der Waals surface area contributed by atoms with Crippen LogP contribution in [-0.2, 0) is 0 Å². The number of halogens is 1. The number of thiazole rings is 1. The Morgan fingerprint density at radius 3 is 3.00 bits per heavy atom. The first-order chi connectivity index (χ1) is 7.13. The number of aryl methyl sites for hydroxylation is 1. The number of nitrogens with zero attached hydrogens (tertiary/aromatic N) is 1. The van der Waals surface area contributed by atoms with E-state index in [1.54, 1.807) is 5.38 Å². The van der Waals surface area contributed by atoms with Crippen LogP contribution in [-0.4, -0.2) is 22.8 Å². The van der Waals surface area contributed by atoms with Gasteiger partial charge in [-0.2, -0.15) is 0 Å². The molecule has 1 heterocycles. The van der Waals surface area contributed by atoms with Crippen molar-refractivity contribution in [2.45, 2.75) is 32.7 Å². The Labute approximate surface area is 98.9 Å².